The fraction of sp³-hybridized carbons (Fsp3) is 0.625. The van der Waals surface area contributed by atoms with Gasteiger partial charge in [-0.1, -0.05) is 18.9 Å². The molecule has 4 heteroatoms. The summed E-state index contributed by atoms with van der Waals surface area (Å²) >= 11 is 0. The van der Waals surface area contributed by atoms with Gasteiger partial charge in [0.15, 0.2) is 11.5 Å². The maximum Gasteiger partial charge on any atom is 0.160 e. The van der Waals surface area contributed by atoms with Crippen molar-refractivity contribution < 1.29 is 14.6 Å². The standard InChI is InChI=1S/C16H23NO3/c1-19-16-10-12(6-7-14(16)18)11-17-8-9-20-15-5-3-2-4-13(15)17/h6-7,10,13,15,18H,2-5,8-9,11H2,1H3. The number of rotatable bonds is 3. The Bertz CT molecular complexity index is 461. The summed E-state index contributed by atoms with van der Waals surface area (Å²) in [6.45, 7) is 2.72. The third-order valence-electron chi connectivity index (χ3n) is 4.48. The summed E-state index contributed by atoms with van der Waals surface area (Å²) in [5.41, 5.74) is 1.19. The van der Waals surface area contributed by atoms with Gasteiger partial charge in [0.2, 0.25) is 0 Å². The highest BCUT2D eigenvalue weighted by Crippen LogP contribution is 2.31. The molecule has 1 saturated heterocycles. The number of nitrogens with zero attached hydrogens (tertiary/aromatic N) is 1. The van der Waals surface area contributed by atoms with E-state index < -0.39 is 0 Å². The third-order valence-corrected chi connectivity index (χ3v) is 4.48. The second-order valence-electron chi connectivity index (χ2n) is 5.74. The van der Waals surface area contributed by atoms with Gasteiger partial charge in [-0.2, -0.15) is 0 Å². The van der Waals surface area contributed by atoms with E-state index in [4.69, 9.17) is 9.47 Å². The van der Waals surface area contributed by atoms with Crippen LogP contribution >= 0.6 is 0 Å². The number of hydrogen-bond donors (Lipinski definition) is 1. The van der Waals surface area contributed by atoms with Crippen LogP contribution in [0.3, 0.4) is 0 Å². The number of hydrogen-bond acceptors (Lipinski definition) is 4. The van der Waals surface area contributed by atoms with Crippen molar-refractivity contribution in [3.05, 3.63) is 23.8 Å². The maximum absolute atomic E-state index is 9.67. The minimum atomic E-state index is 0.203. The Morgan fingerprint density at radius 2 is 2.20 bits per heavy atom. The Morgan fingerprint density at radius 3 is 3.05 bits per heavy atom. The molecule has 2 aliphatic rings. The SMILES string of the molecule is COc1cc(CN2CCOC3CCCCC32)ccc1O. The lowest BCUT2D eigenvalue weighted by atomic mass is 9.90. The first-order chi connectivity index (χ1) is 9.78. The Labute approximate surface area is 120 Å². The number of fused-ring (bicyclic) bond motifs is 1. The predicted octanol–water partition coefficient (Wildman–Crippen LogP) is 2.54. The molecule has 1 N–H and O–H groups in total. The fourth-order valence-corrected chi connectivity index (χ4v) is 3.43. The maximum atomic E-state index is 9.67. The Balaban J connectivity index is 1.72. The molecule has 20 heavy (non-hydrogen) atoms. The first-order valence-electron chi connectivity index (χ1n) is 7.49. The van der Waals surface area contributed by atoms with Crippen LogP contribution in [-0.4, -0.2) is 42.4 Å². The van der Waals surface area contributed by atoms with E-state index >= 15 is 0 Å². The molecule has 2 fully saturated rings. The second kappa shape index (κ2) is 6.02. The van der Waals surface area contributed by atoms with E-state index in [-0.39, 0.29) is 5.75 Å². The summed E-state index contributed by atoms with van der Waals surface area (Å²) in [7, 11) is 1.59. The number of ether oxygens (including phenoxy) is 2. The third kappa shape index (κ3) is 2.76. The van der Waals surface area contributed by atoms with Gasteiger partial charge in [0.1, 0.15) is 0 Å². The average molecular weight is 277 g/mol. The molecule has 0 amide bonds. The van der Waals surface area contributed by atoms with E-state index in [1.165, 1.54) is 31.2 Å². The smallest absolute Gasteiger partial charge is 0.160 e. The molecule has 0 spiro atoms. The molecule has 0 radical (unpaired) electrons. The fourth-order valence-electron chi connectivity index (χ4n) is 3.43. The Morgan fingerprint density at radius 1 is 1.35 bits per heavy atom. The van der Waals surface area contributed by atoms with E-state index in [1.54, 1.807) is 13.2 Å². The van der Waals surface area contributed by atoms with Gasteiger partial charge in [-0.15, -0.1) is 0 Å². The number of morpholine rings is 1. The van der Waals surface area contributed by atoms with E-state index in [1.807, 2.05) is 12.1 Å². The van der Waals surface area contributed by atoms with Crippen LogP contribution < -0.4 is 4.74 Å². The molecule has 4 nitrogen and oxygen atoms in total. The van der Waals surface area contributed by atoms with Gasteiger partial charge in [0.25, 0.3) is 0 Å². The predicted molar refractivity (Wildman–Crippen MR) is 77.1 cm³/mol. The van der Waals surface area contributed by atoms with Crippen LogP contribution in [0.4, 0.5) is 0 Å². The van der Waals surface area contributed by atoms with Gasteiger partial charge in [0.05, 0.1) is 19.8 Å². The van der Waals surface area contributed by atoms with Gasteiger partial charge >= 0.3 is 0 Å². The Kier molecular flexibility index (Phi) is 4.13. The first kappa shape index (κ1) is 13.7. The van der Waals surface area contributed by atoms with Crippen LogP contribution in [0.5, 0.6) is 11.5 Å². The summed E-state index contributed by atoms with van der Waals surface area (Å²) in [5, 5.41) is 9.67. The quantitative estimate of drug-likeness (QED) is 0.922. The number of phenolic OH excluding ortho intramolecular Hbond substituents is 1. The van der Waals surface area contributed by atoms with Crippen LogP contribution in [0.15, 0.2) is 18.2 Å². The van der Waals surface area contributed by atoms with Gasteiger partial charge in [0, 0.05) is 19.1 Å². The topological polar surface area (TPSA) is 41.9 Å². The summed E-state index contributed by atoms with van der Waals surface area (Å²) in [4.78, 5) is 2.53. The van der Waals surface area contributed by atoms with E-state index in [9.17, 15) is 5.11 Å². The molecule has 1 saturated carbocycles. The monoisotopic (exact) mass is 277 g/mol. The first-order valence-corrected chi connectivity index (χ1v) is 7.49. The van der Waals surface area contributed by atoms with Crippen LogP contribution in [-0.2, 0) is 11.3 Å². The van der Waals surface area contributed by atoms with Crippen molar-refractivity contribution in [1.82, 2.24) is 4.90 Å². The number of benzene rings is 1. The zero-order valence-corrected chi connectivity index (χ0v) is 12.0. The van der Waals surface area contributed by atoms with Crippen molar-refractivity contribution in [3.63, 3.8) is 0 Å². The normalized spacial score (nSPS) is 27.1. The van der Waals surface area contributed by atoms with Crippen LogP contribution in [0.25, 0.3) is 0 Å². The zero-order valence-electron chi connectivity index (χ0n) is 12.0. The molecule has 1 aliphatic heterocycles. The summed E-state index contributed by atoms with van der Waals surface area (Å²) in [6.07, 6.45) is 5.44. The molecule has 1 aliphatic carbocycles. The number of phenols is 1. The van der Waals surface area contributed by atoms with Gasteiger partial charge in [-0.05, 0) is 30.5 Å². The molecule has 110 valence electrons. The molecular formula is C16H23NO3. The summed E-state index contributed by atoms with van der Waals surface area (Å²) in [6, 6.07) is 6.18. The molecule has 2 unspecified atom stereocenters. The highest BCUT2D eigenvalue weighted by atomic mass is 16.5. The lowest BCUT2D eigenvalue weighted by Crippen LogP contribution is -2.52. The highest BCUT2D eigenvalue weighted by Gasteiger charge is 2.33. The second-order valence-corrected chi connectivity index (χ2v) is 5.74. The number of methoxy groups -OCH3 is 1. The molecule has 0 aromatic heterocycles. The van der Waals surface area contributed by atoms with Gasteiger partial charge in [-0.25, -0.2) is 0 Å². The Hall–Kier alpha value is -1.26. The van der Waals surface area contributed by atoms with Crippen molar-refractivity contribution >= 4 is 0 Å². The number of aromatic hydroxyl groups is 1. The molecule has 1 heterocycles. The van der Waals surface area contributed by atoms with Gasteiger partial charge in [-0.3, -0.25) is 4.90 Å². The van der Waals surface area contributed by atoms with Crippen LogP contribution in [0, 0.1) is 0 Å². The largest absolute Gasteiger partial charge is 0.504 e. The minimum Gasteiger partial charge on any atom is -0.504 e. The van der Waals surface area contributed by atoms with Gasteiger partial charge < -0.3 is 14.6 Å². The van der Waals surface area contributed by atoms with Crippen LogP contribution in [0.2, 0.25) is 0 Å². The zero-order chi connectivity index (χ0) is 13.9. The van der Waals surface area contributed by atoms with Crippen molar-refractivity contribution in [3.8, 4) is 11.5 Å². The molecular weight excluding hydrogens is 254 g/mol. The molecule has 2 atom stereocenters. The average Bonchev–Trinajstić information content (AvgIpc) is 2.49. The lowest BCUT2D eigenvalue weighted by Gasteiger charge is -2.43. The summed E-state index contributed by atoms with van der Waals surface area (Å²) in [5.74, 6) is 0.754. The minimum absolute atomic E-state index is 0.203. The van der Waals surface area contributed by atoms with E-state index in [0.717, 1.165) is 19.7 Å². The molecule has 3 rings (SSSR count). The van der Waals surface area contributed by atoms with Crippen molar-refractivity contribution in [2.45, 2.75) is 44.4 Å². The van der Waals surface area contributed by atoms with Crippen molar-refractivity contribution in [1.29, 1.82) is 0 Å². The van der Waals surface area contributed by atoms with E-state index in [2.05, 4.69) is 4.90 Å². The highest BCUT2D eigenvalue weighted by molar-refractivity contribution is 5.41. The summed E-state index contributed by atoms with van der Waals surface area (Å²) < 4.78 is 11.1. The lowest BCUT2D eigenvalue weighted by molar-refractivity contribution is -0.0911. The molecule has 1 aromatic rings. The van der Waals surface area contributed by atoms with E-state index in [0.29, 0.717) is 17.9 Å². The van der Waals surface area contributed by atoms with Crippen molar-refractivity contribution in [2.75, 3.05) is 20.3 Å². The molecule has 0 bridgehead atoms. The van der Waals surface area contributed by atoms with Crippen LogP contribution in [0.1, 0.15) is 31.2 Å². The molecule has 1 aromatic carbocycles. The van der Waals surface area contributed by atoms with Crippen molar-refractivity contribution in [2.24, 2.45) is 0 Å².